The summed E-state index contributed by atoms with van der Waals surface area (Å²) < 4.78 is 0. The Bertz CT molecular complexity index is 1270. The van der Waals surface area contributed by atoms with Gasteiger partial charge in [-0.1, -0.05) is 18.2 Å². The second-order valence-electron chi connectivity index (χ2n) is 9.96. The molecule has 1 aliphatic heterocycles. The van der Waals surface area contributed by atoms with Crippen LogP contribution in [0.25, 0.3) is 33.6 Å². The smallest absolute Gasteiger partial charge is 0.127 e. The van der Waals surface area contributed by atoms with E-state index in [1.54, 1.807) is 6.20 Å². The molecule has 0 amide bonds. The van der Waals surface area contributed by atoms with Crippen LogP contribution in [0.5, 0.6) is 0 Å². The monoisotopic (exact) mass is 464 g/mol. The van der Waals surface area contributed by atoms with Crippen LogP contribution in [-0.4, -0.2) is 46.7 Å². The number of nitrogens with zero attached hydrogens (tertiary/aromatic N) is 4. The summed E-state index contributed by atoms with van der Waals surface area (Å²) in [4.78, 5) is 16.4. The van der Waals surface area contributed by atoms with E-state index in [0.29, 0.717) is 0 Å². The van der Waals surface area contributed by atoms with E-state index in [2.05, 4.69) is 88.7 Å². The van der Waals surface area contributed by atoms with Crippen LogP contribution >= 0.6 is 0 Å². The predicted molar refractivity (Wildman–Crippen MR) is 145 cm³/mol. The normalized spacial score (nSPS) is 14.1. The largest absolute Gasteiger partial charge is 0.369 e. The fraction of sp³-hybridized carbons (Fsp3) is 0.276. The van der Waals surface area contributed by atoms with E-state index in [4.69, 9.17) is 4.98 Å². The van der Waals surface area contributed by atoms with E-state index >= 15 is 0 Å². The Balaban J connectivity index is 1.49. The van der Waals surface area contributed by atoms with Gasteiger partial charge < -0.3 is 15.5 Å². The molecule has 0 radical (unpaired) electrons. The molecule has 3 aromatic heterocycles. The van der Waals surface area contributed by atoms with Crippen LogP contribution in [0.2, 0.25) is 0 Å². The molecule has 4 heterocycles. The summed E-state index contributed by atoms with van der Waals surface area (Å²) in [6.07, 6.45) is 5.64. The van der Waals surface area contributed by atoms with Gasteiger partial charge in [-0.05, 0) is 74.4 Å². The number of rotatable bonds is 5. The minimum Gasteiger partial charge on any atom is -0.369 e. The molecule has 0 bridgehead atoms. The molecule has 35 heavy (non-hydrogen) atoms. The lowest BCUT2D eigenvalue weighted by molar-refractivity contribution is 0.589. The maximum atomic E-state index is 4.85. The van der Waals surface area contributed by atoms with Crippen molar-refractivity contribution < 1.29 is 0 Å². The van der Waals surface area contributed by atoms with Gasteiger partial charge >= 0.3 is 0 Å². The highest BCUT2D eigenvalue weighted by Crippen LogP contribution is 2.31. The minimum atomic E-state index is -0.112. The van der Waals surface area contributed by atoms with Crippen LogP contribution in [0.3, 0.4) is 0 Å². The van der Waals surface area contributed by atoms with E-state index < -0.39 is 0 Å². The van der Waals surface area contributed by atoms with Gasteiger partial charge in [-0.25, -0.2) is 4.98 Å². The summed E-state index contributed by atoms with van der Waals surface area (Å²) in [7, 11) is 0. The summed E-state index contributed by atoms with van der Waals surface area (Å²) in [5, 5.41) is 6.93. The number of aromatic nitrogens is 3. The maximum Gasteiger partial charge on any atom is 0.127 e. The molecule has 0 unspecified atom stereocenters. The molecule has 6 nitrogen and oxygen atoms in total. The molecular weight excluding hydrogens is 432 g/mol. The Kier molecular flexibility index (Phi) is 6.47. The SMILES string of the molecule is CC(C)(C)Nc1cc(-c2cncc(-c3ccc(N4CCNCC4)cc3)c2)cc(-c2ccccn2)n1. The fourth-order valence-corrected chi connectivity index (χ4v) is 4.33. The predicted octanol–water partition coefficient (Wildman–Crippen LogP) is 5.49. The quantitative estimate of drug-likeness (QED) is 0.407. The number of hydrogen-bond donors (Lipinski definition) is 2. The van der Waals surface area contributed by atoms with Crippen LogP contribution in [0.1, 0.15) is 20.8 Å². The molecule has 0 atom stereocenters. The van der Waals surface area contributed by atoms with E-state index in [-0.39, 0.29) is 5.54 Å². The minimum absolute atomic E-state index is 0.112. The Morgan fingerprint density at radius 1 is 0.800 bits per heavy atom. The van der Waals surface area contributed by atoms with Crippen molar-refractivity contribution in [1.29, 1.82) is 0 Å². The average molecular weight is 465 g/mol. The standard InChI is InChI=1S/C29H32N6/c1-29(2,3)34-28-18-22(17-27(33-28)26-6-4-5-11-32-26)24-16-23(19-31-20-24)21-7-9-25(10-8-21)35-14-12-30-13-15-35/h4-11,16-20,30H,12-15H2,1-3H3,(H,33,34). The fourth-order valence-electron chi connectivity index (χ4n) is 4.33. The highest BCUT2D eigenvalue weighted by molar-refractivity contribution is 5.76. The van der Waals surface area contributed by atoms with Gasteiger partial charge in [0.15, 0.2) is 0 Å². The van der Waals surface area contributed by atoms with E-state index in [1.807, 2.05) is 30.6 Å². The molecular formula is C29H32N6. The molecule has 1 aliphatic rings. The molecule has 6 heteroatoms. The zero-order valence-electron chi connectivity index (χ0n) is 20.6. The second kappa shape index (κ2) is 9.84. The number of benzene rings is 1. The highest BCUT2D eigenvalue weighted by Gasteiger charge is 2.15. The number of pyridine rings is 3. The molecule has 4 aromatic rings. The second-order valence-corrected chi connectivity index (χ2v) is 9.96. The van der Waals surface area contributed by atoms with Crippen molar-refractivity contribution in [2.45, 2.75) is 26.3 Å². The Morgan fingerprint density at radius 3 is 2.23 bits per heavy atom. The number of hydrogen-bond acceptors (Lipinski definition) is 6. The third-order valence-electron chi connectivity index (χ3n) is 6.01. The lowest BCUT2D eigenvalue weighted by Gasteiger charge is -2.29. The maximum absolute atomic E-state index is 4.85. The van der Waals surface area contributed by atoms with E-state index in [1.165, 1.54) is 5.69 Å². The molecule has 5 rings (SSSR count). The van der Waals surface area contributed by atoms with Crippen LogP contribution in [0, 0.1) is 0 Å². The summed E-state index contributed by atoms with van der Waals surface area (Å²) in [5.41, 5.74) is 7.19. The number of anilines is 2. The Hall–Kier alpha value is -3.77. The molecule has 0 spiro atoms. The van der Waals surface area contributed by atoms with Crippen molar-refractivity contribution in [3.8, 4) is 33.6 Å². The Labute approximate surface area is 207 Å². The van der Waals surface area contributed by atoms with E-state index in [0.717, 1.165) is 65.6 Å². The van der Waals surface area contributed by atoms with Crippen molar-refractivity contribution in [3.63, 3.8) is 0 Å². The van der Waals surface area contributed by atoms with Crippen LogP contribution in [-0.2, 0) is 0 Å². The zero-order chi connectivity index (χ0) is 24.3. The summed E-state index contributed by atoms with van der Waals surface area (Å²) in [6, 6.07) is 21.1. The van der Waals surface area contributed by atoms with Gasteiger partial charge in [-0.3, -0.25) is 9.97 Å². The molecule has 2 N–H and O–H groups in total. The first-order valence-corrected chi connectivity index (χ1v) is 12.2. The van der Waals surface area contributed by atoms with Crippen LogP contribution < -0.4 is 15.5 Å². The summed E-state index contributed by atoms with van der Waals surface area (Å²) in [5.74, 6) is 0.821. The molecule has 0 saturated carbocycles. The van der Waals surface area contributed by atoms with Crippen molar-refractivity contribution in [3.05, 3.63) is 79.3 Å². The van der Waals surface area contributed by atoms with Gasteiger partial charge in [-0.15, -0.1) is 0 Å². The summed E-state index contributed by atoms with van der Waals surface area (Å²) >= 11 is 0. The first kappa shape index (κ1) is 23.0. The third-order valence-corrected chi connectivity index (χ3v) is 6.01. The van der Waals surface area contributed by atoms with Crippen LogP contribution in [0.15, 0.2) is 79.3 Å². The third kappa shape index (κ3) is 5.66. The lowest BCUT2D eigenvalue weighted by atomic mass is 10.0. The number of nitrogens with one attached hydrogen (secondary N) is 2. The van der Waals surface area contributed by atoms with Crippen molar-refractivity contribution in [1.82, 2.24) is 20.3 Å². The highest BCUT2D eigenvalue weighted by atomic mass is 15.2. The van der Waals surface area contributed by atoms with Gasteiger partial charge in [0.25, 0.3) is 0 Å². The van der Waals surface area contributed by atoms with Crippen molar-refractivity contribution in [2.24, 2.45) is 0 Å². The van der Waals surface area contributed by atoms with Crippen molar-refractivity contribution >= 4 is 11.5 Å². The molecule has 1 fully saturated rings. The molecule has 0 aliphatic carbocycles. The van der Waals surface area contributed by atoms with Gasteiger partial charge in [0.05, 0.1) is 11.4 Å². The van der Waals surface area contributed by atoms with E-state index in [9.17, 15) is 0 Å². The first-order chi connectivity index (χ1) is 16.9. The molecule has 1 saturated heterocycles. The lowest BCUT2D eigenvalue weighted by Crippen LogP contribution is -2.43. The van der Waals surface area contributed by atoms with Crippen molar-refractivity contribution in [2.75, 3.05) is 36.4 Å². The van der Waals surface area contributed by atoms with Gasteiger partial charge in [0.1, 0.15) is 5.82 Å². The first-order valence-electron chi connectivity index (χ1n) is 12.2. The molecule has 178 valence electrons. The summed E-state index contributed by atoms with van der Waals surface area (Å²) in [6.45, 7) is 10.6. The topological polar surface area (TPSA) is 66.0 Å². The zero-order valence-corrected chi connectivity index (χ0v) is 20.6. The van der Waals surface area contributed by atoms with Gasteiger partial charge in [0, 0.05) is 67.1 Å². The molecule has 1 aromatic carbocycles. The van der Waals surface area contributed by atoms with Gasteiger partial charge in [0.2, 0.25) is 0 Å². The average Bonchev–Trinajstić information content (AvgIpc) is 2.89. The van der Waals surface area contributed by atoms with Crippen LogP contribution in [0.4, 0.5) is 11.5 Å². The Morgan fingerprint density at radius 2 is 1.54 bits per heavy atom. The van der Waals surface area contributed by atoms with Gasteiger partial charge in [-0.2, -0.15) is 0 Å². The number of piperazine rings is 1.